The molecule has 0 bridgehead atoms. The molecule has 0 heterocycles. The largest absolute Gasteiger partial charge is 0.416 e. The van der Waals surface area contributed by atoms with Gasteiger partial charge in [-0.2, -0.15) is 13.2 Å². The number of alkyl halides is 3. The highest BCUT2D eigenvalue weighted by Crippen LogP contribution is 2.31. The van der Waals surface area contributed by atoms with Crippen LogP contribution in [0.4, 0.5) is 35.0 Å². The molecule has 3 N–H and O–H groups in total. The van der Waals surface area contributed by atoms with E-state index in [9.17, 15) is 26.4 Å². The van der Waals surface area contributed by atoms with E-state index in [2.05, 4.69) is 15.4 Å². The Hall–Kier alpha value is -2.75. The van der Waals surface area contributed by atoms with Crippen molar-refractivity contribution in [1.82, 2.24) is 0 Å². The lowest BCUT2D eigenvalue weighted by molar-refractivity contribution is -0.137. The summed E-state index contributed by atoms with van der Waals surface area (Å²) in [7, 11) is -2.79. The smallest absolute Gasteiger partial charge is 0.308 e. The van der Waals surface area contributed by atoms with Crippen LogP contribution in [0.1, 0.15) is 11.1 Å². The van der Waals surface area contributed by atoms with Crippen molar-refractivity contribution >= 4 is 34.0 Å². The number of rotatable bonds is 4. The molecule has 134 valence electrons. The number of nitrogens with one attached hydrogen (secondary N) is 3. The molecule has 2 aromatic carbocycles. The monoisotopic (exact) mass is 373 g/mol. The fraction of sp³-hybridized carbons (Fsp3) is 0.133. The first kappa shape index (κ1) is 18.6. The minimum atomic E-state index is -4.51. The molecule has 0 spiro atoms. The molecule has 0 atom stereocenters. The average Bonchev–Trinajstić information content (AvgIpc) is 2.47. The van der Waals surface area contributed by atoms with Crippen LogP contribution in [0.2, 0.25) is 0 Å². The van der Waals surface area contributed by atoms with Gasteiger partial charge in [0.15, 0.2) is 0 Å². The highest BCUT2D eigenvalue weighted by Gasteiger charge is 2.31. The van der Waals surface area contributed by atoms with E-state index in [1.165, 1.54) is 37.3 Å². The Balaban J connectivity index is 2.06. The van der Waals surface area contributed by atoms with Crippen molar-refractivity contribution in [1.29, 1.82) is 0 Å². The zero-order valence-corrected chi connectivity index (χ0v) is 13.7. The summed E-state index contributed by atoms with van der Waals surface area (Å²) in [5.41, 5.74) is 0.159. The number of urea groups is 1. The molecule has 2 amide bonds. The van der Waals surface area contributed by atoms with Gasteiger partial charge in [0.2, 0.25) is 10.9 Å². The van der Waals surface area contributed by atoms with E-state index in [-0.39, 0.29) is 5.69 Å². The molecule has 0 fully saturated rings. The van der Waals surface area contributed by atoms with Crippen LogP contribution in [0, 0.1) is 6.92 Å². The molecule has 0 saturated heterocycles. The summed E-state index contributed by atoms with van der Waals surface area (Å²) >= 11 is 0. The first-order valence-electron chi connectivity index (χ1n) is 6.91. The zero-order valence-electron chi connectivity index (χ0n) is 12.8. The Labute approximate surface area is 143 Å². The van der Waals surface area contributed by atoms with Crippen molar-refractivity contribution in [2.75, 3.05) is 15.4 Å². The number of amides is 2. The second-order valence-electron chi connectivity index (χ2n) is 5.11. The quantitative estimate of drug-likeness (QED) is 0.618. The molecule has 0 saturated carbocycles. The molecular formula is C15H14F3N3O3S. The van der Waals surface area contributed by atoms with Gasteiger partial charge in [0.25, 0.3) is 0 Å². The topological polar surface area (TPSA) is 87.3 Å². The lowest BCUT2D eigenvalue weighted by Gasteiger charge is -2.12. The molecule has 0 aliphatic carbocycles. The second kappa shape index (κ2) is 7.43. The first-order valence-corrected chi connectivity index (χ1v) is 8.09. The Morgan fingerprint density at radius 1 is 0.920 bits per heavy atom. The number of carbonyl (C=O) groups is 1. The maximum Gasteiger partial charge on any atom is 0.416 e. The minimum absolute atomic E-state index is 0.00598. The third-order valence-corrected chi connectivity index (χ3v) is 3.47. The molecule has 10 heteroatoms. The lowest BCUT2D eigenvalue weighted by Crippen LogP contribution is -2.20. The fourth-order valence-electron chi connectivity index (χ4n) is 2.05. The van der Waals surface area contributed by atoms with Gasteiger partial charge in [-0.25, -0.2) is 13.2 Å². The maximum absolute atomic E-state index is 12.8. The van der Waals surface area contributed by atoms with Gasteiger partial charge in [-0.05, 0) is 55.0 Å². The van der Waals surface area contributed by atoms with E-state index in [0.29, 0.717) is 16.9 Å². The highest BCUT2D eigenvalue weighted by atomic mass is 32.2. The Morgan fingerprint density at radius 2 is 1.48 bits per heavy atom. The summed E-state index contributed by atoms with van der Waals surface area (Å²) in [4.78, 5) is 11.9. The number of aryl methyl sites for hydroxylation is 1. The van der Waals surface area contributed by atoms with E-state index < -0.39 is 28.7 Å². The van der Waals surface area contributed by atoms with Gasteiger partial charge in [-0.1, -0.05) is 0 Å². The summed E-state index contributed by atoms with van der Waals surface area (Å²) in [6.07, 6.45) is -4.51. The Morgan fingerprint density at radius 3 is 2.04 bits per heavy atom. The SMILES string of the molecule is Cc1cc(NC(=O)Nc2ccc(N[SH](=O)=O)cc2)cc(C(F)(F)F)c1. The van der Waals surface area contributed by atoms with Crippen LogP contribution in [-0.2, 0) is 17.1 Å². The summed E-state index contributed by atoms with van der Waals surface area (Å²) in [6.45, 7) is 1.49. The highest BCUT2D eigenvalue weighted by molar-refractivity contribution is 7.73. The van der Waals surface area contributed by atoms with E-state index in [1.54, 1.807) is 0 Å². The molecule has 0 radical (unpaired) electrons. The van der Waals surface area contributed by atoms with E-state index in [4.69, 9.17) is 0 Å². The van der Waals surface area contributed by atoms with Crippen molar-refractivity contribution in [2.45, 2.75) is 13.1 Å². The summed E-state index contributed by atoms with van der Waals surface area (Å²) in [5, 5.41) is 4.77. The predicted octanol–water partition coefficient (Wildman–Crippen LogP) is 3.60. The molecule has 0 aliphatic heterocycles. The maximum atomic E-state index is 12.8. The Bertz CT molecular complexity index is 841. The third-order valence-electron chi connectivity index (χ3n) is 3.03. The van der Waals surface area contributed by atoms with E-state index in [1.807, 2.05) is 0 Å². The van der Waals surface area contributed by atoms with Gasteiger partial charge in [-0.3, -0.25) is 4.72 Å². The Kier molecular flexibility index (Phi) is 5.52. The van der Waals surface area contributed by atoms with E-state index >= 15 is 0 Å². The van der Waals surface area contributed by atoms with Crippen LogP contribution < -0.4 is 15.4 Å². The van der Waals surface area contributed by atoms with Gasteiger partial charge in [0.05, 0.1) is 5.56 Å². The molecule has 0 aromatic heterocycles. The summed E-state index contributed by atoms with van der Waals surface area (Å²) in [6, 6.07) is 8.24. The van der Waals surface area contributed by atoms with Crippen molar-refractivity contribution < 1.29 is 26.4 Å². The number of halogens is 3. The molecule has 2 rings (SSSR count). The number of hydrogen-bond acceptors (Lipinski definition) is 3. The molecule has 0 unspecified atom stereocenters. The average molecular weight is 373 g/mol. The third kappa shape index (κ3) is 5.68. The molecule has 0 aliphatic rings. The van der Waals surface area contributed by atoms with Crippen molar-refractivity contribution in [3.8, 4) is 0 Å². The summed E-state index contributed by atoms with van der Waals surface area (Å²) in [5.74, 6) is 0. The van der Waals surface area contributed by atoms with Crippen LogP contribution in [0.5, 0.6) is 0 Å². The molecule has 6 nitrogen and oxygen atoms in total. The normalized spacial score (nSPS) is 11.2. The zero-order chi connectivity index (χ0) is 18.6. The molecular weight excluding hydrogens is 359 g/mol. The number of thiol groups is 1. The lowest BCUT2D eigenvalue weighted by atomic mass is 10.1. The van der Waals surface area contributed by atoms with Crippen LogP contribution >= 0.6 is 0 Å². The van der Waals surface area contributed by atoms with E-state index in [0.717, 1.165) is 12.1 Å². The standard InChI is InChI=1S/C15H14F3N3O3S/c1-9-6-10(15(16,17)18)8-13(7-9)20-14(22)19-11-2-4-12(5-3-11)21-25(23)24/h2-8,25H,1H3,(H2,19,20,22)(H,21,23,24). The fourth-order valence-corrected chi connectivity index (χ4v) is 2.41. The van der Waals surface area contributed by atoms with Gasteiger partial charge >= 0.3 is 12.2 Å². The summed E-state index contributed by atoms with van der Waals surface area (Å²) < 4.78 is 61.6. The molecule has 2 aromatic rings. The van der Waals surface area contributed by atoms with Crippen molar-refractivity contribution in [3.63, 3.8) is 0 Å². The van der Waals surface area contributed by atoms with Gasteiger partial charge in [0.1, 0.15) is 0 Å². The first-order chi connectivity index (χ1) is 11.6. The minimum Gasteiger partial charge on any atom is -0.308 e. The van der Waals surface area contributed by atoms with Crippen molar-refractivity contribution in [3.05, 3.63) is 53.6 Å². The number of benzene rings is 2. The van der Waals surface area contributed by atoms with Crippen molar-refractivity contribution in [2.24, 2.45) is 0 Å². The number of anilines is 3. The van der Waals surface area contributed by atoms with Gasteiger partial charge in [0, 0.05) is 17.1 Å². The number of carbonyl (C=O) groups excluding carboxylic acids is 1. The van der Waals surface area contributed by atoms with Crippen LogP contribution in [-0.4, -0.2) is 14.4 Å². The van der Waals surface area contributed by atoms with Crippen LogP contribution in [0.15, 0.2) is 42.5 Å². The second-order valence-corrected chi connectivity index (χ2v) is 5.85. The van der Waals surface area contributed by atoms with Gasteiger partial charge in [-0.15, -0.1) is 0 Å². The molecule has 25 heavy (non-hydrogen) atoms. The number of hydrogen-bond donors (Lipinski definition) is 4. The van der Waals surface area contributed by atoms with Gasteiger partial charge < -0.3 is 10.6 Å². The van der Waals surface area contributed by atoms with Crippen LogP contribution in [0.3, 0.4) is 0 Å². The predicted molar refractivity (Wildman–Crippen MR) is 89.2 cm³/mol. The van der Waals surface area contributed by atoms with Crippen LogP contribution in [0.25, 0.3) is 0 Å².